The van der Waals surface area contributed by atoms with Crippen LogP contribution in [0.15, 0.2) is 9.90 Å². The fourth-order valence-corrected chi connectivity index (χ4v) is 2.38. The number of aromatic nitrogens is 3. The van der Waals surface area contributed by atoms with Gasteiger partial charge in [-0.2, -0.15) is 4.98 Å². The lowest BCUT2D eigenvalue weighted by Gasteiger charge is -2.20. The highest BCUT2D eigenvalue weighted by Gasteiger charge is 2.18. The fourth-order valence-electron chi connectivity index (χ4n) is 1.79. The lowest BCUT2D eigenvalue weighted by molar-refractivity contribution is 0.278. The number of aryl methyl sites for hydroxylation is 1. The second kappa shape index (κ2) is 6.23. The van der Waals surface area contributed by atoms with E-state index in [0.717, 1.165) is 30.3 Å². The summed E-state index contributed by atoms with van der Waals surface area (Å²) < 4.78 is 5.22. The SMILES string of the molecule is CCN(CC)CC(N)c1noc(-c2csc(C)n2)n1. The molecule has 19 heavy (non-hydrogen) atoms. The molecule has 0 radical (unpaired) electrons. The van der Waals surface area contributed by atoms with Gasteiger partial charge >= 0.3 is 0 Å². The standard InChI is InChI=1S/C12H19N5OS/c1-4-17(5-2)6-9(13)11-15-12(18-16-11)10-7-19-8(3)14-10/h7,9H,4-6,13H2,1-3H3. The predicted molar refractivity (Wildman–Crippen MR) is 74.9 cm³/mol. The zero-order chi connectivity index (χ0) is 13.8. The van der Waals surface area contributed by atoms with Gasteiger partial charge in [0.05, 0.1) is 11.0 Å². The van der Waals surface area contributed by atoms with Crippen LogP contribution in [0.4, 0.5) is 0 Å². The minimum atomic E-state index is -0.239. The third kappa shape index (κ3) is 3.37. The molecule has 2 N–H and O–H groups in total. The Morgan fingerprint density at radius 2 is 2.11 bits per heavy atom. The Hall–Kier alpha value is -1.31. The maximum absolute atomic E-state index is 6.10. The summed E-state index contributed by atoms with van der Waals surface area (Å²) in [4.78, 5) is 10.9. The highest BCUT2D eigenvalue weighted by Crippen LogP contribution is 2.20. The van der Waals surface area contributed by atoms with Crippen LogP contribution >= 0.6 is 11.3 Å². The molecule has 0 aliphatic rings. The first-order chi connectivity index (χ1) is 9.13. The van der Waals surface area contributed by atoms with E-state index in [0.29, 0.717) is 11.7 Å². The molecule has 7 heteroatoms. The second-order valence-corrected chi connectivity index (χ2v) is 5.36. The molecule has 0 bridgehead atoms. The van der Waals surface area contributed by atoms with Crippen LogP contribution in [-0.2, 0) is 0 Å². The molecule has 0 saturated heterocycles. The van der Waals surface area contributed by atoms with Gasteiger partial charge in [-0.05, 0) is 20.0 Å². The van der Waals surface area contributed by atoms with E-state index in [4.69, 9.17) is 10.3 Å². The van der Waals surface area contributed by atoms with E-state index in [1.54, 1.807) is 11.3 Å². The van der Waals surface area contributed by atoms with Crippen molar-refractivity contribution < 1.29 is 4.52 Å². The van der Waals surface area contributed by atoms with Crippen LogP contribution < -0.4 is 5.73 Å². The van der Waals surface area contributed by atoms with E-state index < -0.39 is 0 Å². The van der Waals surface area contributed by atoms with Gasteiger partial charge in [0.15, 0.2) is 5.82 Å². The molecule has 0 amide bonds. The number of nitrogens with two attached hydrogens (primary N) is 1. The van der Waals surface area contributed by atoms with Crippen molar-refractivity contribution in [3.63, 3.8) is 0 Å². The molecule has 1 unspecified atom stereocenters. The second-order valence-electron chi connectivity index (χ2n) is 4.30. The van der Waals surface area contributed by atoms with E-state index in [-0.39, 0.29) is 6.04 Å². The van der Waals surface area contributed by atoms with Crippen LogP contribution in [0.1, 0.15) is 30.7 Å². The Kier molecular flexibility index (Phi) is 4.62. The van der Waals surface area contributed by atoms with Crippen LogP contribution in [-0.4, -0.2) is 39.7 Å². The minimum Gasteiger partial charge on any atom is -0.332 e. The first kappa shape index (κ1) is 14.1. The van der Waals surface area contributed by atoms with Crippen molar-refractivity contribution >= 4 is 11.3 Å². The van der Waals surface area contributed by atoms with Crippen molar-refractivity contribution in [2.75, 3.05) is 19.6 Å². The van der Waals surface area contributed by atoms with Gasteiger partial charge in [0.25, 0.3) is 5.89 Å². The molecule has 6 nitrogen and oxygen atoms in total. The lowest BCUT2D eigenvalue weighted by atomic mass is 10.2. The average molecular weight is 281 g/mol. The van der Waals surface area contributed by atoms with E-state index in [2.05, 4.69) is 33.9 Å². The Bertz CT molecular complexity index is 520. The smallest absolute Gasteiger partial charge is 0.277 e. The minimum absolute atomic E-state index is 0.239. The summed E-state index contributed by atoms with van der Waals surface area (Å²) in [6, 6.07) is -0.239. The topological polar surface area (TPSA) is 81.1 Å². The number of hydrogen-bond donors (Lipinski definition) is 1. The van der Waals surface area contributed by atoms with Gasteiger partial charge < -0.3 is 15.2 Å². The molecule has 2 heterocycles. The van der Waals surface area contributed by atoms with Gasteiger partial charge in [0, 0.05) is 11.9 Å². The van der Waals surface area contributed by atoms with Gasteiger partial charge in [-0.3, -0.25) is 0 Å². The van der Waals surface area contributed by atoms with Crippen LogP contribution in [0.2, 0.25) is 0 Å². The molecule has 2 rings (SSSR count). The van der Waals surface area contributed by atoms with Crippen molar-refractivity contribution in [3.8, 4) is 11.6 Å². The van der Waals surface area contributed by atoms with Crippen LogP contribution in [0.5, 0.6) is 0 Å². The zero-order valence-electron chi connectivity index (χ0n) is 11.5. The van der Waals surface area contributed by atoms with Gasteiger partial charge in [-0.15, -0.1) is 11.3 Å². The Balaban J connectivity index is 2.08. The molecule has 0 aliphatic heterocycles. The summed E-state index contributed by atoms with van der Waals surface area (Å²) >= 11 is 1.56. The molecule has 104 valence electrons. The molecule has 0 fully saturated rings. The molecule has 2 aromatic rings. The molecule has 2 aromatic heterocycles. The Morgan fingerprint density at radius 3 is 2.68 bits per heavy atom. The Labute approximate surface area is 116 Å². The van der Waals surface area contributed by atoms with Crippen molar-refractivity contribution in [1.82, 2.24) is 20.0 Å². The predicted octanol–water partition coefficient (Wildman–Crippen LogP) is 1.84. The van der Waals surface area contributed by atoms with Crippen LogP contribution in [0.3, 0.4) is 0 Å². The highest BCUT2D eigenvalue weighted by atomic mass is 32.1. The summed E-state index contributed by atoms with van der Waals surface area (Å²) in [5.74, 6) is 0.974. The van der Waals surface area contributed by atoms with E-state index in [1.165, 1.54) is 0 Å². The summed E-state index contributed by atoms with van der Waals surface area (Å²) in [5, 5.41) is 6.83. The third-order valence-corrected chi connectivity index (χ3v) is 3.73. The van der Waals surface area contributed by atoms with E-state index in [9.17, 15) is 0 Å². The molecule has 1 atom stereocenters. The van der Waals surface area contributed by atoms with Crippen molar-refractivity contribution in [2.24, 2.45) is 5.73 Å². The largest absolute Gasteiger partial charge is 0.332 e. The molecule has 0 aromatic carbocycles. The van der Waals surface area contributed by atoms with Crippen molar-refractivity contribution in [3.05, 3.63) is 16.2 Å². The zero-order valence-corrected chi connectivity index (χ0v) is 12.3. The maximum atomic E-state index is 6.10. The maximum Gasteiger partial charge on any atom is 0.277 e. The number of nitrogens with zero attached hydrogens (tertiary/aromatic N) is 4. The molecule has 0 saturated carbocycles. The summed E-state index contributed by atoms with van der Waals surface area (Å²) in [5.41, 5.74) is 6.82. The number of hydrogen-bond acceptors (Lipinski definition) is 7. The normalized spacial score (nSPS) is 13.1. The summed E-state index contributed by atoms with van der Waals surface area (Å²) in [6.07, 6.45) is 0. The van der Waals surface area contributed by atoms with E-state index >= 15 is 0 Å². The summed E-state index contributed by atoms with van der Waals surface area (Å²) in [7, 11) is 0. The monoisotopic (exact) mass is 281 g/mol. The first-order valence-corrected chi connectivity index (χ1v) is 7.26. The van der Waals surface area contributed by atoms with Gasteiger partial charge in [0.1, 0.15) is 5.69 Å². The molecule has 0 spiro atoms. The average Bonchev–Trinajstić information content (AvgIpc) is 3.04. The lowest BCUT2D eigenvalue weighted by Crippen LogP contribution is -2.32. The van der Waals surface area contributed by atoms with Crippen molar-refractivity contribution in [1.29, 1.82) is 0 Å². The third-order valence-electron chi connectivity index (χ3n) is 2.96. The van der Waals surface area contributed by atoms with Gasteiger partial charge in [-0.1, -0.05) is 19.0 Å². The van der Waals surface area contributed by atoms with E-state index in [1.807, 2.05) is 12.3 Å². The van der Waals surface area contributed by atoms with Crippen LogP contribution in [0.25, 0.3) is 11.6 Å². The van der Waals surface area contributed by atoms with Crippen LogP contribution in [0, 0.1) is 6.92 Å². The highest BCUT2D eigenvalue weighted by molar-refractivity contribution is 7.09. The quantitative estimate of drug-likeness (QED) is 0.870. The fraction of sp³-hybridized carbons (Fsp3) is 0.583. The van der Waals surface area contributed by atoms with Gasteiger partial charge in [0.2, 0.25) is 0 Å². The van der Waals surface area contributed by atoms with Crippen molar-refractivity contribution in [2.45, 2.75) is 26.8 Å². The summed E-state index contributed by atoms with van der Waals surface area (Å²) in [6.45, 7) is 8.80. The molecule has 0 aliphatic carbocycles. The number of likely N-dealkylation sites (N-methyl/N-ethyl adjacent to an activating group) is 1. The Morgan fingerprint density at radius 1 is 1.37 bits per heavy atom. The first-order valence-electron chi connectivity index (χ1n) is 6.38. The number of rotatable bonds is 6. The molecular weight excluding hydrogens is 262 g/mol. The van der Waals surface area contributed by atoms with Gasteiger partial charge in [-0.25, -0.2) is 4.98 Å². The molecular formula is C12H19N5OS. The number of thiazole rings is 1.